The van der Waals surface area contributed by atoms with Gasteiger partial charge in [0.05, 0.1) is 18.1 Å². The van der Waals surface area contributed by atoms with Gasteiger partial charge in [-0.3, -0.25) is 4.79 Å². The molecule has 0 fully saturated rings. The number of hydrogen-bond acceptors (Lipinski definition) is 4. The molecule has 0 rings (SSSR count). The van der Waals surface area contributed by atoms with Crippen LogP contribution in [0.2, 0.25) is 0 Å². The van der Waals surface area contributed by atoms with Crippen LogP contribution in [0, 0.1) is 5.92 Å². The van der Waals surface area contributed by atoms with Gasteiger partial charge in [0.1, 0.15) is 6.61 Å². The fourth-order valence-corrected chi connectivity index (χ4v) is 1.08. The normalized spacial score (nSPS) is 13.6. The Hall–Kier alpha value is -0.610. The van der Waals surface area contributed by atoms with E-state index in [1.165, 1.54) is 0 Å². The Morgan fingerprint density at radius 2 is 1.94 bits per heavy atom. The SMILES string of the molecule is CCNCC(C)C(=O)OCCOC(C)(C)C. The van der Waals surface area contributed by atoms with E-state index >= 15 is 0 Å². The van der Waals surface area contributed by atoms with Gasteiger partial charge in [0.2, 0.25) is 0 Å². The molecule has 0 heterocycles. The first-order valence-electron chi connectivity index (χ1n) is 5.88. The first-order valence-corrected chi connectivity index (χ1v) is 5.88. The lowest BCUT2D eigenvalue weighted by Gasteiger charge is -2.19. The molecule has 0 aromatic carbocycles. The van der Waals surface area contributed by atoms with Gasteiger partial charge in [0.15, 0.2) is 0 Å². The van der Waals surface area contributed by atoms with E-state index < -0.39 is 0 Å². The number of carbonyl (C=O) groups is 1. The molecule has 96 valence electrons. The fraction of sp³-hybridized carbons (Fsp3) is 0.917. The van der Waals surface area contributed by atoms with Crippen molar-refractivity contribution in [1.29, 1.82) is 0 Å². The lowest BCUT2D eigenvalue weighted by molar-refractivity contribution is -0.150. The summed E-state index contributed by atoms with van der Waals surface area (Å²) in [6.07, 6.45) is 0. The van der Waals surface area contributed by atoms with Crippen LogP contribution in [-0.4, -0.2) is 37.9 Å². The molecular weight excluding hydrogens is 206 g/mol. The summed E-state index contributed by atoms with van der Waals surface area (Å²) in [6.45, 7) is 12.1. The molecule has 0 saturated heterocycles. The van der Waals surface area contributed by atoms with Crippen molar-refractivity contribution in [3.05, 3.63) is 0 Å². The van der Waals surface area contributed by atoms with Crippen LogP contribution in [0.1, 0.15) is 34.6 Å². The fourth-order valence-electron chi connectivity index (χ4n) is 1.08. The number of nitrogens with one attached hydrogen (secondary N) is 1. The van der Waals surface area contributed by atoms with Gasteiger partial charge < -0.3 is 14.8 Å². The molecule has 0 amide bonds. The smallest absolute Gasteiger partial charge is 0.310 e. The molecule has 4 nitrogen and oxygen atoms in total. The van der Waals surface area contributed by atoms with Crippen LogP contribution in [-0.2, 0) is 14.3 Å². The van der Waals surface area contributed by atoms with Crippen molar-refractivity contribution >= 4 is 5.97 Å². The summed E-state index contributed by atoms with van der Waals surface area (Å²) in [4.78, 5) is 11.5. The molecule has 16 heavy (non-hydrogen) atoms. The molecule has 0 saturated carbocycles. The second-order valence-corrected chi connectivity index (χ2v) is 4.84. The molecule has 0 radical (unpaired) electrons. The zero-order valence-electron chi connectivity index (χ0n) is 11.1. The standard InChI is InChI=1S/C12H25NO3/c1-6-13-9-10(2)11(14)15-7-8-16-12(3,4)5/h10,13H,6-9H2,1-5H3. The van der Waals surface area contributed by atoms with Crippen LogP contribution in [0.25, 0.3) is 0 Å². The van der Waals surface area contributed by atoms with Gasteiger partial charge in [-0.2, -0.15) is 0 Å². The van der Waals surface area contributed by atoms with Crippen molar-refractivity contribution in [2.75, 3.05) is 26.3 Å². The largest absolute Gasteiger partial charge is 0.463 e. The lowest BCUT2D eigenvalue weighted by Crippen LogP contribution is -2.29. The third kappa shape index (κ3) is 8.68. The first kappa shape index (κ1) is 15.4. The van der Waals surface area contributed by atoms with Crippen LogP contribution in [0.4, 0.5) is 0 Å². The van der Waals surface area contributed by atoms with E-state index in [0.29, 0.717) is 19.8 Å². The highest BCUT2D eigenvalue weighted by Crippen LogP contribution is 2.06. The average Bonchev–Trinajstić information content (AvgIpc) is 2.19. The molecule has 0 aromatic heterocycles. The first-order chi connectivity index (χ1) is 7.37. The highest BCUT2D eigenvalue weighted by molar-refractivity contribution is 5.72. The topological polar surface area (TPSA) is 47.6 Å². The minimum Gasteiger partial charge on any atom is -0.463 e. The summed E-state index contributed by atoms with van der Waals surface area (Å²) in [5, 5.41) is 3.11. The molecule has 0 bridgehead atoms. The van der Waals surface area contributed by atoms with Crippen LogP contribution < -0.4 is 5.32 Å². The van der Waals surface area contributed by atoms with Gasteiger partial charge in [-0.25, -0.2) is 0 Å². The van der Waals surface area contributed by atoms with Gasteiger partial charge in [0.25, 0.3) is 0 Å². The number of ether oxygens (including phenoxy) is 2. The van der Waals surface area contributed by atoms with Gasteiger partial charge in [-0.1, -0.05) is 13.8 Å². The van der Waals surface area contributed by atoms with Gasteiger partial charge in [-0.05, 0) is 27.3 Å². The lowest BCUT2D eigenvalue weighted by atomic mass is 10.2. The molecular formula is C12H25NO3. The summed E-state index contributed by atoms with van der Waals surface area (Å²) in [5.74, 6) is -0.270. The minimum atomic E-state index is -0.179. The van der Waals surface area contributed by atoms with E-state index in [1.54, 1.807) is 0 Å². The van der Waals surface area contributed by atoms with Crippen molar-refractivity contribution in [2.45, 2.75) is 40.2 Å². The Morgan fingerprint density at radius 3 is 2.44 bits per heavy atom. The van der Waals surface area contributed by atoms with Crippen molar-refractivity contribution in [3.8, 4) is 0 Å². The number of esters is 1. The van der Waals surface area contributed by atoms with Gasteiger partial charge in [0, 0.05) is 6.54 Å². The Bertz CT molecular complexity index is 199. The predicted octanol–water partition coefficient (Wildman–Crippen LogP) is 1.59. The van der Waals surface area contributed by atoms with E-state index in [0.717, 1.165) is 6.54 Å². The second kappa shape index (κ2) is 7.63. The van der Waals surface area contributed by atoms with E-state index in [1.807, 2.05) is 34.6 Å². The summed E-state index contributed by atoms with van der Waals surface area (Å²) in [5.41, 5.74) is -0.179. The maximum Gasteiger partial charge on any atom is 0.310 e. The highest BCUT2D eigenvalue weighted by Gasteiger charge is 2.14. The number of carbonyl (C=O) groups excluding carboxylic acids is 1. The predicted molar refractivity (Wildman–Crippen MR) is 64.4 cm³/mol. The third-order valence-electron chi connectivity index (χ3n) is 1.97. The van der Waals surface area contributed by atoms with Crippen LogP contribution >= 0.6 is 0 Å². The van der Waals surface area contributed by atoms with E-state index in [2.05, 4.69) is 5.32 Å². The molecule has 4 heteroatoms. The second-order valence-electron chi connectivity index (χ2n) is 4.84. The van der Waals surface area contributed by atoms with Gasteiger partial charge in [-0.15, -0.1) is 0 Å². The summed E-state index contributed by atoms with van der Waals surface area (Å²) >= 11 is 0. The average molecular weight is 231 g/mol. The monoisotopic (exact) mass is 231 g/mol. The third-order valence-corrected chi connectivity index (χ3v) is 1.97. The molecule has 0 aromatic rings. The van der Waals surface area contributed by atoms with Crippen molar-refractivity contribution < 1.29 is 14.3 Å². The molecule has 1 atom stereocenters. The molecule has 0 spiro atoms. The zero-order valence-corrected chi connectivity index (χ0v) is 11.1. The number of rotatable bonds is 7. The molecule has 0 aliphatic heterocycles. The highest BCUT2D eigenvalue weighted by atomic mass is 16.6. The zero-order chi connectivity index (χ0) is 12.6. The van der Waals surface area contributed by atoms with E-state index in [-0.39, 0.29) is 17.5 Å². The van der Waals surface area contributed by atoms with Gasteiger partial charge >= 0.3 is 5.97 Å². The Morgan fingerprint density at radius 1 is 1.31 bits per heavy atom. The van der Waals surface area contributed by atoms with Crippen molar-refractivity contribution in [2.24, 2.45) is 5.92 Å². The summed E-state index contributed by atoms with van der Waals surface area (Å²) in [7, 11) is 0. The number of hydrogen-bond donors (Lipinski definition) is 1. The van der Waals surface area contributed by atoms with E-state index in [9.17, 15) is 4.79 Å². The minimum absolute atomic E-state index is 0.102. The van der Waals surface area contributed by atoms with E-state index in [4.69, 9.17) is 9.47 Å². The molecule has 0 aliphatic rings. The summed E-state index contributed by atoms with van der Waals surface area (Å²) < 4.78 is 10.5. The van der Waals surface area contributed by atoms with Crippen LogP contribution in [0.15, 0.2) is 0 Å². The maximum atomic E-state index is 11.5. The van der Waals surface area contributed by atoms with Crippen LogP contribution in [0.5, 0.6) is 0 Å². The quantitative estimate of drug-likeness (QED) is 0.534. The Labute approximate surface area is 98.7 Å². The Balaban J connectivity index is 3.57. The van der Waals surface area contributed by atoms with Crippen molar-refractivity contribution in [3.63, 3.8) is 0 Å². The maximum absolute atomic E-state index is 11.5. The summed E-state index contributed by atoms with van der Waals surface area (Å²) in [6, 6.07) is 0. The molecule has 1 N–H and O–H groups in total. The molecule has 0 aliphatic carbocycles. The van der Waals surface area contributed by atoms with Crippen LogP contribution in [0.3, 0.4) is 0 Å². The molecule has 1 unspecified atom stereocenters. The Kier molecular flexibility index (Phi) is 7.34. The van der Waals surface area contributed by atoms with Crippen molar-refractivity contribution in [1.82, 2.24) is 5.32 Å².